The third-order valence-corrected chi connectivity index (χ3v) is 3.31. The van der Waals surface area contributed by atoms with Gasteiger partial charge in [0, 0.05) is 29.6 Å². The summed E-state index contributed by atoms with van der Waals surface area (Å²) in [6, 6.07) is 5.27. The summed E-state index contributed by atoms with van der Waals surface area (Å²) in [6.07, 6.45) is 0. The predicted octanol–water partition coefficient (Wildman–Crippen LogP) is 3.35. The minimum Gasteiger partial charge on any atom is -0.338 e. The Hall–Kier alpha value is -0.730. The predicted molar refractivity (Wildman–Crippen MR) is 68.5 cm³/mol. The van der Waals surface area contributed by atoms with Gasteiger partial charge in [-0.1, -0.05) is 11.6 Å². The highest BCUT2D eigenvalue weighted by Crippen LogP contribution is 2.17. The summed E-state index contributed by atoms with van der Waals surface area (Å²) in [5.74, 6) is 0.400. The lowest BCUT2D eigenvalue weighted by Crippen LogP contribution is -2.36. The number of carbonyl (C=O) groups excluding carboxylic acids is 1. The molecule has 16 heavy (non-hydrogen) atoms. The highest BCUT2D eigenvalue weighted by atomic mass is 35.5. The average molecular weight is 260 g/mol. The zero-order valence-electron chi connectivity index (χ0n) is 9.63. The zero-order chi connectivity index (χ0) is 12.3. The highest BCUT2D eigenvalue weighted by molar-refractivity contribution is 6.30. The largest absolute Gasteiger partial charge is 0.338 e. The van der Waals surface area contributed by atoms with Gasteiger partial charge in [0.15, 0.2) is 0 Å². The van der Waals surface area contributed by atoms with Crippen LogP contribution in [0.5, 0.6) is 0 Å². The van der Waals surface area contributed by atoms with Crippen LogP contribution in [0.1, 0.15) is 22.8 Å². The van der Waals surface area contributed by atoms with E-state index in [4.69, 9.17) is 23.2 Å². The van der Waals surface area contributed by atoms with Gasteiger partial charge in [0.05, 0.1) is 0 Å². The second kappa shape index (κ2) is 5.55. The van der Waals surface area contributed by atoms with E-state index in [2.05, 4.69) is 0 Å². The molecule has 2 nitrogen and oxygen atoms in total. The minimum atomic E-state index is -0.0256. The molecule has 0 saturated carbocycles. The number of alkyl halides is 1. The first-order chi connectivity index (χ1) is 7.47. The minimum absolute atomic E-state index is 0.0178. The highest BCUT2D eigenvalue weighted by Gasteiger charge is 2.18. The van der Waals surface area contributed by atoms with Gasteiger partial charge in [0.25, 0.3) is 5.91 Å². The van der Waals surface area contributed by atoms with Crippen molar-refractivity contribution in [2.45, 2.75) is 19.9 Å². The molecule has 0 aliphatic rings. The molecule has 1 unspecified atom stereocenters. The Morgan fingerprint density at radius 3 is 2.62 bits per heavy atom. The molecule has 0 aliphatic carbocycles. The van der Waals surface area contributed by atoms with Gasteiger partial charge in [-0.15, -0.1) is 11.6 Å². The van der Waals surface area contributed by atoms with E-state index in [-0.39, 0.29) is 11.9 Å². The molecule has 0 spiro atoms. The molecule has 1 aromatic carbocycles. The molecule has 0 bridgehead atoms. The second-order valence-corrected chi connectivity index (χ2v) is 4.62. The van der Waals surface area contributed by atoms with Crippen molar-refractivity contribution in [2.75, 3.05) is 12.9 Å². The first-order valence-corrected chi connectivity index (χ1v) is 5.98. The summed E-state index contributed by atoms with van der Waals surface area (Å²) >= 11 is 11.6. The lowest BCUT2D eigenvalue weighted by atomic mass is 10.1. The molecule has 4 heteroatoms. The third kappa shape index (κ3) is 2.89. The topological polar surface area (TPSA) is 20.3 Å². The number of hydrogen-bond acceptors (Lipinski definition) is 1. The maximum absolute atomic E-state index is 12.1. The first kappa shape index (κ1) is 13.3. The molecule has 0 aliphatic heterocycles. The van der Waals surface area contributed by atoms with Crippen LogP contribution in [0.15, 0.2) is 18.2 Å². The second-order valence-electron chi connectivity index (χ2n) is 3.88. The fourth-order valence-corrected chi connectivity index (χ4v) is 1.79. The monoisotopic (exact) mass is 259 g/mol. The van der Waals surface area contributed by atoms with E-state index < -0.39 is 0 Å². The van der Waals surface area contributed by atoms with Crippen molar-refractivity contribution in [3.63, 3.8) is 0 Å². The number of benzene rings is 1. The molecule has 0 aromatic heterocycles. The molecule has 0 N–H and O–H groups in total. The summed E-state index contributed by atoms with van der Waals surface area (Å²) < 4.78 is 0. The van der Waals surface area contributed by atoms with E-state index in [1.807, 2.05) is 13.8 Å². The zero-order valence-corrected chi connectivity index (χ0v) is 11.1. The molecule has 1 rings (SSSR count). The molecule has 1 atom stereocenters. The van der Waals surface area contributed by atoms with Crippen LogP contribution in [0, 0.1) is 6.92 Å². The molecule has 88 valence electrons. The Morgan fingerprint density at radius 1 is 1.50 bits per heavy atom. The van der Waals surface area contributed by atoms with E-state index >= 15 is 0 Å². The van der Waals surface area contributed by atoms with Crippen LogP contribution in [0.2, 0.25) is 5.02 Å². The van der Waals surface area contributed by atoms with Gasteiger partial charge >= 0.3 is 0 Å². The summed E-state index contributed by atoms with van der Waals surface area (Å²) in [6.45, 7) is 3.79. The molecule has 1 amide bonds. The SMILES string of the molecule is Cc1cc(Cl)ccc1C(=O)N(C)C(C)CCl. The van der Waals surface area contributed by atoms with Crippen molar-refractivity contribution in [3.05, 3.63) is 34.3 Å². The van der Waals surface area contributed by atoms with E-state index in [9.17, 15) is 4.79 Å². The van der Waals surface area contributed by atoms with Crippen molar-refractivity contribution >= 4 is 29.1 Å². The Balaban J connectivity index is 2.96. The number of nitrogens with zero attached hydrogens (tertiary/aromatic N) is 1. The summed E-state index contributed by atoms with van der Waals surface area (Å²) in [5.41, 5.74) is 1.55. The summed E-state index contributed by atoms with van der Waals surface area (Å²) in [4.78, 5) is 13.7. The van der Waals surface area contributed by atoms with Crippen molar-refractivity contribution in [3.8, 4) is 0 Å². The molecule has 0 radical (unpaired) electrons. The van der Waals surface area contributed by atoms with Crippen molar-refractivity contribution < 1.29 is 4.79 Å². The number of halogens is 2. The lowest BCUT2D eigenvalue weighted by molar-refractivity contribution is 0.0756. The number of hydrogen-bond donors (Lipinski definition) is 0. The Kier molecular flexibility index (Phi) is 4.63. The number of carbonyl (C=O) groups is 1. The normalized spacial score (nSPS) is 12.3. The number of rotatable bonds is 3. The first-order valence-electron chi connectivity index (χ1n) is 5.06. The van der Waals surface area contributed by atoms with Crippen LogP contribution in [-0.2, 0) is 0 Å². The van der Waals surface area contributed by atoms with Gasteiger partial charge in [-0.05, 0) is 37.6 Å². The smallest absolute Gasteiger partial charge is 0.254 e. The fraction of sp³-hybridized carbons (Fsp3) is 0.417. The Morgan fingerprint density at radius 2 is 2.12 bits per heavy atom. The summed E-state index contributed by atoms with van der Waals surface area (Å²) in [7, 11) is 1.75. The number of amides is 1. The Labute approximate surface area is 106 Å². The molecular weight excluding hydrogens is 245 g/mol. The van der Waals surface area contributed by atoms with E-state index in [0.29, 0.717) is 16.5 Å². The van der Waals surface area contributed by atoms with Crippen molar-refractivity contribution in [2.24, 2.45) is 0 Å². The van der Waals surface area contributed by atoms with Gasteiger partial charge < -0.3 is 4.90 Å². The van der Waals surface area contributed by atoms with Gasteiger partial charge in [-0.25, -0.2) is 0 Å². The Bertz CT molecular complexity index is 393. The van der Waals surface area contributed by atoms with Crippen molar-refractivity contribution in [1.82, 2.24) is 4.90 Å². The van der Waals surface area contributed by atoms with Crippen molar-refractivity contribution in [1.29, 1.82) is 0 Å². The molecular formula is C12H15Cl2NO. The van der Waals surface area contributed by atoms with Crippen LogP contribution >= 0.6 is 23.2 Å². The lowest BCUT2D eigenvalue weighted by Gasteiger charge is -2.23. The third-order valence-electron chi connectivity index (χ3n) is 2.62. The van der Waals surface area contributed by atoms with Crippen LogP contribution in [0.4, 0.5) is 0 Å². The van der Waals surface area contributed by atoms with Gasteiger partial charge in [-0.3, -0.25) is 4.79 Å². The van der Waals surface area contributed by atoms with E-state index in [1.54, 1.807) is 30.1 Å². The van der Waals surface area contributed by atoms with Crippen LogP contribution in [0.25, 0.3) is 0 Å². The maximum atomic E-state index is 12.1. The molecule has 0 fully saturated rings. The van der Waals surface area contributed by atoms with Gasteiger partial charge in [0.1, 0.15) is 0 Å². The maximum Gasteiger partial charge on any atom is 0.254 e. The quantitative estimate of drug-likeness (QED) is 0.763. The molecule has 0 saturated heterocycles. The fourth-order valence-electron chi connectivity index (χ4n) is 1.36. The van der Waals surface area contributed by atoms with Gasteiger partial charge in [-0.2, -0.15) is 0 Å². The average Bonchev–Trinajstić information content (AvgIpc) is 2.26. The molecule has 1 aromatic rings. The molecule has 0 heterocycles. The van der Waals surface area contributed by atoms with E-state index in [0.717, 1.165) is 5.56 Å². The van der Waals surface area contributed by atoms with E-state index in [1.165, 1.54) is 0 Å². The number of aryl methyl sites for hydroxylation is 1. The summed E-state index contributed by atoms with van der Waals surface area (Å²) in [5, 5.41) is 0.641. The van der Waals surface area contributed by atoms with Crippen LogP contribution in [-0.4, -0.2) is 29.8 Å². The standard InChI is InChI=1S/C12H15Cl2NO/c1-8-6-10(14)4-5-11(8)12(16)15(3)9(2)7-13/h4-6,9H,7H2,1-3H3. The van der Waals surface area contributed by atoms with Crippen LogP contribution in [0.3, 0.4) is 0 Å². The van der Waals surface area contributed by atoms with Gasteiger partial charge in [0.2, 0.25) is 0 Å². The van der Waals surface area contributed by atoms with Crippen LogP contribution < -0.4 is 0 Å².